The molecular formula is C10H8FN3O3S2. The van der Waals surface area contributed by atoms with E-state index in [0.29, 0.717) is 0 Å². The standard InChI is InChI=1S/C10H8FN3O3S2/c11-6-1-2-9(19(12,16)17)7(3-6)14-10(15)8-4-18-5-13-8/h1-5H,(H,14,15)(H2,12,16,17). The molecule has 3 N–H and O–H groups in total. The number of nitrogens with zero attached hydrogens (tertiary/aromatic N) is 1. The minimum atomic E-state index is -4.06. The molecule has 1 amide bonds. The van der Waals surface area contributed by atoms with Crippen molar-refractivity contribution < 1.29 is 17.6 Å². The number of aromatic nitrogens is 1. The number of rotatable bonds is 3. The number of anilines is 1. The molecule has 0 fully saturated rings. The maximum absolute atomic E-state index is 13.1. The van der Waals surface area contributed by atoms with Gasteiger partial charge in [0.05, 0.1) is 11.2 Å². The quantitative estimate of drug-likeness (QED) is 0.888. The van der Waals surface area contributed by atoms with Crippen LogP contribution in [0.5, 0.6) is 0 Å². The first kappa shape index (κ1) is 13.6. The number of benzene rings is 1. The van der Waals surface area contributed by atoms with Gasteiger partial charge >= 0.3 is 0 Å². The summed E-state index contributed by atoms with van der Waals surface area (Å²) in [6, 6.07) is 2.81. The largest absolute Gasteiger partial charge is 0.319 e. The Morgan fingerprint density at radius 2 is 2.16 bits per heavy atom. The van der Waals surface area contributed by atoms with Crippen LogP contribution in [0.25, 0.3) is 0 Å². The van der Waals surface area contributed by atoms with E-state index in [1.54, 1.807) is 0 Å². The molecule has 0 radical (unpaired) electrons. The minimum Gasteiger partial charge on any atom is -0.319 e. The van der Waals surface area contributed by atoms with Crippen LogP contribution in [0.2, 0.25) is 0 Å². The summed E-state index contributed by atoms with van der Waals surface area (Å²) in [5.74, 6) is -1.34. The van der Waals surface area contributed by atoms with Gasteiger partial charge < -0.3 is 5.32 Å². The highest BCUT2D eigenvalue weighted by Gasteiger charge is 2.17. The zero-order chi connectivity index (χ0) is 14.0. The van der Waals surface area contributed by atoms with E-state index in [-0.39, 0.29) is 16.3 Å². The second kappa shape index (κ2) is 5.03. The highest BCUT2D eigenvalue weighted by molar-refractivity contribution is 7.89. The van der Waals surface area contributed by atoms with E-state index in [1.807, 2.05) is 0 Å². The van der Waals surface area contributed by atoms with E-state index in [2.05, 4.69) is 10.3 Å². The summed E-state index contributed by atoms with van der Waals surface area (Å²) >= 11 is 1.20. The van der Waals surface area contributed by atoms with E-state index in [9.17, 15) is 17.6 Å². The average molecular weight is 301 g/mol. The smallest absolute Gasteiger partial charge is 0.275 e. The monoisotopic (exact) mass is 301 g/mol. The van der Waals surface area contributed by atoms with Crippen molar-refractivity contribution in [3.8, 4) is 0 Å². The summed E-state index contributed by atoms with van der Waals surface area (Å²) in [5.41, 5.74) is 1.33. The highest BCUT2D eigenvalue weighted by atomic mass is 32.2. The number of primary sulfonamides is 1. The van der Waals surface area contributed by atoms with Crippen LogP contribution in [-0.4, -0.2) is 19.3 Å². The SMILES string of the molecule is NS(=O)(=O)c1ccc(F)cc1NC(=O)c1cscn1. The van der Waals surface area contributed by atoms with Crippen molar-refractivity contribution in [2.45, 2.75) is 4.90 Å². The Hall–Kier alpha value is -1.84. The number of nitrogens with one attached hydrogen (secondary N) is 1. The zero-order valence-corrected chi connectivity index (χ0v) is 11.0. The predicted molar refractivity (Wildman–Crippen MR) is 67.8 cm³/mol. The van der Waals surface area contributed by atoms with Gasteiger partial charge in [-0.2, -0.15) is 0 Å². The van der Waals surface area contributed by atoms with Gasteiger partial charge in [-0.15, -0.1) is 11.3 Å². The fourth-order valence-corrected chi connectivity index (χ4v) is 2.57. The summed E-state index contributed by atoms with van der Waals surface area (Å²) in [6.07, 6.45) is 0. The van der Waals surface area contributed by atoms with Gasteiger partial charge in [0.25, 0.3) is 5.91 Å². The molecular weight excluding hydrogens is 293 g/mol. The number of halogens is 1. The van der Waals surface area contributed by atoms with Gasteiger partial charge in [0.1, 0.15) is 16.4 Å². The molecule has 2 rings (SSSR count). The van der Waals surface area contributed by atoms with Crippen molar-refractivity contribution in [2.75, 3.05) is 5.32 Å². The number of carbonyl (C=O) groups is 1. The van der Waals surface area contributed by atoms with Crippen molar-refractivity contribution in [1.82, 2.24) is 4.98 Å². The first-order valence-corrected chi connectivity index (χ1v) is 7.39. The van der Waals surface area contributed by atoms with Crippen molar-refractivity contribution in [2.24, 2.45) is 5.14 Å². The van der Waals surface area contributed by atoms with Gasteiger partial charge in [0.15, 0.2) is 0 Å². The van der Waals surface area contributed by atoms with Crippen molar-refractivity contribution in [3.63, 3.8) is 0 Å². The maximum Gasteiger partial charge on any atom is 0.275 e. The van der Waals surface area contributed by atoms with Crippen LogP contribution in [0.3, 0.4) is 0 Å². The third-order valence-corrected chi connectivity index (χ3v) is 3.72. The Balaban J connectivity index is 2.39. The maximum atomic E-state index is 13.1. The molecule has 0 unspecified atom stereocenters. The van der Waals surface area contributed by atoms with Crippen LogP contribution in [-0.2, 0) is 10.0 Å². The fraction of sp³-hybridized carbons (Fsp3) is 0. The molecule has 0 aliphatic carbocycles. The Morgan fingerprint density at radius 3 is 2.74 bits per heavy atom. The Kier molecular flexibility index (Phi) is 3.60. The topological polar surface area (TPSA) is 102 Å². The third-order valence-electron chi connectivity index (χ3n) is 2.16. The lowest BCUT2D eigenvalue weighted by Gasteiger charge is -2.08. The molecule has 1 heterocycles. The molecule has 0 saturated heterocycles. The molecule has 6 nitrogen and oxygen atoms in total. The van der Waals surface area contributed by atoms with Crippen LogP contribution in [0, 0.1) is 5.82 Å². The number of nitrogens with two attached hydrogens (primary N) is 1. The van der Waals surface area contributed by atoms with Crippen molar-refractivity contribution in [3.05, 3.63) is 40.6 Å². The fourth-order valence-electron chi connectivity index (χ4n) is 1.36. The second-order valence-electron chi connectivity index (χ2n) is 3.51. The lowest BCUT2D eigenvalue weighted by molar-refractivity contribution is 0.102. The lowest BCUT2D eigenvalue weighted by Crippen LogP contribution is -2.18. The van der Waals surface area contributed by atoms with Gasteiger partial charge in [0.2, 0.25) is 10.0 Å². The minimum absolute atomic E-state index is 0.106. The number of hydrogen-bond donors (Lipinski definition) is 2. The predicted octanol–water partition coefficient (Wildman–Crippen LogP) is 1.18. The summed E-state index contributed by atoms with van der Waals surface area (Å²) < 4.78 is 35.8. The number of carbonyl (C=O) groups excluding carboxylic acids is 1. The van der Waals surface area contributed by atoms with Gasteiger partial charge in [-0.1, -0.05) is 0 Å². The molecule has 0 saturated carbocycles. The first-order chi connectivity index (χ1) is 8.88. The summed E-state index contributed by atoms with van der Waals surface area (Å²) in [6.45, 7) is 0. The molecule has 0 spiro atoms. The summed E-state index contributed by atoms with van der Waals surface area (Å²) in [7, 11) is -4.06. The Morgan fingerprint density at radius 1 is 1.42 bits per heavy atom. The molecule has 2 aromatic rings. The molecule has 0 atom stereocenters. The Bertz CT molecular complexity index is 714. The number of hydrogen-bond acceptors (Lipinski definition) is 5. The number of sulfonamides is 1. The van der Waals surface area contributed by atoms with Crippen LogP contribution in [0.4, 0.5) is 10.1 Å². The van der Waals surface area contributed by atoms with Gasteiger partial charge in [0, 0.05) is 5.38 Å². The molecule has 0 bridgehead atoms. The third kappa shape index (κ3) is 3.13. The average Bonchev–Trinajstić information content (AvgIpc) is 2.80. The van der Waals surface area contributed by atoms with E-state index < -0.39 is 21.7 Å². The molecule has 9 heteroatoms. The van der Waals surface area contributed by atoms with Gasteiger partial charge in [-0.05, 0) is 18.2 Å². The molecule has 0 aliphatic heterocycles. The van der Waals surface area contributed by atoms with E-state index in [4.69, 9.17) is 5.14 Å². The lowest BCUT2D eigenvalue weighted by atomic mass is 10.3. The first-order valence-electron chi connectivity index (χ1n) is 4.90. The van der Waals surface area contributed by atoms with Crippen molar-refractivity contribution >= 4 is 33.0 Å². The molecule has 100 valence electrons. The number of thiazole rings is 1. The number of amides is 1. The van der Waals surface area contributed by atoms with Crippen LogP contribution >= 0.6 is 11.3 Å². The van der Waals surface area contributed by atoms with E-state index in [0.717, 1.165) is 18.2 Å². The van der Waals surface area contributed by atoms with Crippen LogP contribution in [0.15, 0.2) is 34.0 Å². The summed E-state index contributed by atoms with van der Waals surface area (Å²) in [5, 5.41) is 8.73. The normalized spacial score (nSPS) is 11.3. The van der Waals surface area contributed by atoms with Crippen LogP contribution < -0.4 is 10.5 Å². The highest BCUT2D eigenvalue weighted by Crippen LogP contribution is 2.21. The van der Waals surface area contributed by atoms with Gasteiger partial charge in [-0.25, -0.2) is 22.9 Å². The van der Waals surface area contributed by atoms with Gasteiger partial charge in [-0.3, -0.25) is 4.79 Å². The Labute approximate surface area is 112 Å². The molecule has 1 aromatic heterocycles. The van der Waals surface area contributed by atoms with Crippen molar-refractivity contribution in [1.29, 1.82) is 0 Å². The second-order valence-corrected chi connectivity index (χ2v) is 5.76. The van der Waals surface area contributed by atoms with E-state index in [1.165, 1.54) is 22.2 Å². The van der Waals surface area contributed by atoms with E-state index >= 15 is 0 Å². The van der Waals surface area contributed by atoms with Crippen LogP contribution in [0.1, 0.15) is 10.5 Å². The summed E-state index contributed by atoms with van der Waals surface area (Å²) in [4.78, 5) is 15.1. The molecule has 0 aliphatic rings. The molecule has 19 heavy (non-hydrogen) atoms. The molecule has 1 aromatic carbocycles. The zero-order valence-electron chi connectivity index (χ0n) is 9.33.